The molecule has 0 aliphatic carbocycles. The molecule has 1 aliphatic rings. The Morgan fingerprint density at radius 2 is 1.89 bits per heavy atom. The van der Waals surface area contributed by atoms with Gasteiger partial charge in [-0.1, -0.05) is 34.1 Å². The van der Waals surface area contributed by atoms with Gasteiger partial charge >= 0.3 is 0 Å². The minimum Gasteiger partial charge on any atom is -0.357 e. The molecule has 4 rings (SSSR count). The number of hydrogen-bond acceptors (Lipinski definition) is 3. The summed E-state index contributed by atoms with van der Waals surface area (Å²) in [6.07, 6.45) is 4.12. The average Bonchev–Trinajstić information content (AvgIpc) is 2.71. The molecule has 0 unspecified atom stereocenters. The van der Waals surface area contributed by atoms with Gasteiger partial charge in [0.05, 0.1) is 11.9 Å². The maximum atomic E-state index is 12.5. The minimum absolute atomic E-state index is 0.0261. The van der Waals surface area contributed by atoms with Crippen LogP contribution in [0.25, 0.3) is 10.9 Å². The van der Waals surface area contributed by atoms with E-state index in [9.17, 15) is 4.79 Å². The lowest BCUT2D eigenvalue weighted by Gasteiger charge is -2.28. The van der Waals surface area contributed by atoms with Crippen LogP contribution in [0.2, 0.25) is 0 Å². The third kappa shape index (κ3) is 4.20. The van der Waals surface area contributed by atoms with Crippen molar-refractivity contribution >= 4 is 44.2 Å². The van der Waals surface area contributed by atoms with Crippen molar-refractivity contribution in [2.45, 2.75) is 32.6 Å². The molecule has 3 aromatic rings. The van der Waals surface area contributed by atoms with Crippen LogP contribution < -0.4 is 10.2 Å². The lowest BCUT2D eigenvalue weighted by atomic mass is 10.1. The zero-order valence-electron chi connectivity index (χ0n) is 16.0. The molecular weight excluding hydrogens is 414 g/mol. The van der Waals surface area contributed by atoms with Crippen LogP contribution in [0, 0.1) is 6.92 Å². The van der Waals surface area contributed by atoms with E-state index >= 15 is 0 Å². The van der Waals surface area contributed by atoms with Gasteiger partial charge in [0.2, 0.25) is 5.91 Å². The van der Waals surface area contributed by atoms with E-state index in [4.69, 9.17) is 4.98 Å². The molecule has 1 aliphatic heterocycles. The first-order chi connectivity index (χ1) is 13.6. The van der Waals surface area contributed by atoms with E-state index in [2.05, 4.69) is 39.1 Å². The number of aryl methyl sites for hydroxylation is 1. The summed E-state index contributed by atoms with van der Waals surface area (Å²) in [4.78, 5) is 19.7. The van der Waals surface area contributed by atoms with Crippen molar-refractivity contribution in [1.82, 2.24) is 4.98 Å². The fraction of sp³-hybridized carbons (Fsp3) is 0.304. The number of carbonyl (C=O) groups is 1. The summed E-state index contributed by atoms with van der Waals surface area (Å²) in [5, 5.41) is 4.10. The van der Waals surface area contributed by atoms with Gasteiger partial charge in [-0.3, -0.25) is 4.79 Å². The molecule has 0 bridgehead atoms. The lowest BCUT2D eigenvalue weighted by Crippen LogP contribution is -2.30. The van der Waals surface area contributed by atoms with Crippen molar-refractivity contribution < 1.29 is 4.79 Å². The Hall–Kier alpha value is -2.40. The average molecular weight is 438 g/mol. The molecule has 1 saturated heterocycles. The predicted molar refractivity (Wildman–Crippen MR) is 119 cm³/mol. The van der Waals surface area contributed by atoms with Crippen molar-refractivity contribution in [2.24, 2.45) is 0 Å². The normalized spacial score (nSPS) is 14.3. The summed E-state index contributed by atoms with van der Waals surface area (Å²) in [6.45, 7) is 4.28. The highest BCUT2D eigenvalue weighted by atomic mass is 79.9. The van der Waals surface area contributed by atoms with Crippen molar-refractivity contribution in [3.63, 3.8) is 0 Å². The Balaban J connectivity index is 1.53. The number of benzene rings is 2. The number of piperidine rings is 1. The molecule has 1 amide bonds. The third-order valence-corrected chi connectivity index (χ3v) is 6.05. The van der Waals surface area contributed by atoms with Crippen molar-refractivity contribution in [1.29, 1.82) is 0 Å². The fourth-order valence-electron chi connectivity index (χ4n) is 3.76. The molecular formula is C23H24BrN3O. The van der Waals surface area contributed by atoms with E-state index in [0.717, 1.165) is 45.5 Å². The van der Waals surface area contributed by atoms with Crippen LogP contribution in [-0.2, 0) is 11.2 Å². The molecule has 0 spiro atoms. The van der Waals surface area contributed by atoms with Crippen LogP contribution in [0.1, 0.15) is 30.4 Å². The van der Waals surface area contributed by atoms with E-state index in [1.165, 1.54) is 24.8 Å². The summed E-state index contributed by atoms with van der Waals surface area (Å²) in [7, 11) is 0. The van der Waals surface area contributed by atoms with Crippen molar-refractivity contribution in [3.8, 4) is 0 Å². The number of pyridine rings is 1. The molecule has 4 nitrogen and oxygen atoms in total. The maximum Gasteiger partial charge on any atom is 0.228 e. The van der Waals surface area contributed by atoms with E-state index in [1.807, 2.05) is 42.5 Å². The van der Waals surface area contributed by atoms with Crippen LogP contribution in [0.15, 0.2) is 53.0 Å². The van der Waals surface area contributed by atoms with E-state index < -0.39 is 0 Å². The van der Waals surface area contributed by atoms with E-state index in [-0.39, 0.29) is 5.91 Å². The predicted octanol–water partition coefficient (Wildman–Crippen LogP) is 5.48. The Labute approximate surface area is 174 Å². The molecule has 1 N–H and O–H groups in total. The second-order valence-electron chi connectivity index (χ2n) is 7.39. The Morgan fingerprint density at radius 1 is 1.11 bits per heavy atom. The van der Waals surface area contributed by atoms with Gasteiger partial charge in [0.15, 0.2) is 0 Å². The second kappa shape index (κ2) is 8.31. The maximum absolute atomic E-state index is 12.5. The van der Waals surface area contributed by atoms with Crippen LogP contribution in [0.5, 0.6) is 0 Å². The molecule has 28 heavy (non-hydrogen) atoms. The number of nitrogens with zero attached hydrogens (tertiary/aromatic N) is 2. The number of carbonyl (C=O) groups excluding carboxylic acids is 1. The first-order valence-corrected chi connectivity index (χ1v) is 10.6. The topological polar surface area (TPSA) is 45.2 Å². The van der Waals surface area contributed by atoms with Gasteiger partial charge < -0.3 is 10.2 Å². The van der Waals surface area contributed by atoms with Gasteiger partial charge in [-0.25, -0.2) is 4.98 Å². The molecule has 1 aromatic heterocycles. The van der Waals surface area contributed by atoms with Crippen LogP contribution >= 0.6 is 15.9 Å². The number of nitrogens with one attached hydrogen (secondary N) is 1. The Bertz CT molecular complexity index is 1010. The van der Waals surface area contributed by atoms with Crippen LogP contribution in [-0.4, -0.2) is 24.0 Å². The molecule has 0 atom stereocenters. The zero-order valence-corrected chi connectivity index (χ0v) is 17.6. The lowest BCUT2D eigenvalue weighted by molar-refractivity contribution is -0.115. The highest BCUT2D eigenvalue weighted by molar-refractivity contribution is 9.10. The zero-order chi connectivity index (χ0) is 19.5. The monoisotopic (exact) mass is 437 g/mol. The van der Waals surface area contributed by atoms with Gasteiger partial charge in [-0.15, -0.1) is 0 Å². The molecule has 5 heteroatoms. The van der Waals surface area contributed by atoms with E-state index in [0.29, 0.717) is 6.42 Å². The third-order valence-electron chi connectivity index (χ3n) is 5.27. The molecule has 144 valence electrons. The highest BCUT2D eigenvalue weighted by Gasteiger charge is 2.14. The fourth-order valence-corrected chi connectivity index (χ4v) is 4.18. The quantitative estimate of drug-likeness (QED) is 0.587. The Morgan fingerprint density at radius 3 is 2.68 bits per heavy atom. The van der Waals surface area contributed by atoms with Gasteiger partial charge in [-0.2, -0.15) is 0 Å². The summed E-state index contributed by atoms with van der Waals surface area (Å²) in [5.74, 6) is 1.04. The summed E-state index contributed by atoms with van der Waals surface area (Å²) < 4.78 is 0.953. The first kappa shape index (κ1) is 18.9. The van der Waals surface area contributed by atoms with Crippen LogP contribution in [0.4, 0.5) is 11.5 Å². The summed E-state index contributed by atoms with van der Waals surface area (Å²) >= 11 is 3.50. The SMILES string of the molecule is Cc1cc(N2CCCCC2)nc2ccc(NC(=O)Cc3ccccc3Br)cc12. The number of hydrogen-bond donors (Lipinski definition) is 1. The van der Waals surface area contributed by atoms with Crippen molar-refractivity contribution in [2.75, 3.05) is 23.3 Å². The smallest absolute Gasteiger partial charge is 0.228 e. The highest BCUT2D eigenvalue weighted by Crippen LogP contribution is 2.27. The molecule has 0 radical (unpaired) electrons. The summed E-state index contributed by atoms with van der Waals surface area (Å²) in [5.41, 5.74) is 3.95. The number of aromatic nitrogens is 1. The molecule has 2 heterocycles. The van der Waals surface area contributed by atoms with Gasteiger partial charge in [0, 0.05) is 28.6 Å². The summed E-state index contributed by atoms with van der Waals surface area (Å²) in [6, 6.07) is 15.9. The largest absolute Gasteiger partial charge is 0.357 e. The second-order valence-corrected chi connectivity index (χ2v) is 8.25. The Kier molecular flexibility index (Phi) is 5.62. The molecule has 0 saturated carbocycles. The minimum atomic E-state index is -0.0261. The molecule has 1 fully saturated rings. The number of anilines is 2. The first-order valence-electron chi connectivity index (χ1n) is 9.80. The standard InChI is InChI=1S/C23H24BrN3O/c1-16-13-22(27-11-5-2-6-12-27)26-21-10-9-18(15-19(16)21)25-23(28)14-17-7-3-4-8-20(17)24/h3-4,7-10,13,15H,2,5-6,11-12,14H2,1H3,(H,25,28). The van der Waals surface area contributed by atoms with Gasteiger partial charge in [0.1, 0.15) is 5.82 Å². The van der Waals surface area contributed by atoms with Crippen molar-refractivity contribution in [3.05, 3.63) is 64.1 Å². The van der Waals surface area contributed by atoms with Gasteiger partial charge in [-0.05, 0) is 67.6 Å². The number of fused-ring (bicyclic) bond motifs is 1. The number of rotatable bonds is 4. The van der Waals surface area contributed by atoms with Gasteiger partial charge in [0.25, 0.3) is 0 Å². The number of halogens is 1. The number of amides is 1. The van der Waals surface area contributed by atoms with E-state index in [1.54, 1.807) is 0 Å². The van der Waals surface area contributed by atoms with Crippen LogP contribution in [0.3, 0.4) is 0 Å². The molecule has 2 aromatic carbocycles.